The summed E-state index contributed by atoms with van der Waals surface area (Å²) in [6.45, 7) is 7.46. The van der Waals surface area contributed by atoms with Gasteiger partial charge in [-0.15, -0.1) is 0 Å². The van der Waals surface area contributed by atoms with E-state index in [4.69, 9.17) is 17.3 Å². The lowest BCUT2D eigenvalue weighted by atomic mass is 9.89. The van der Waals surface area contributed by atoms with Gasteiger partial charge in [-0.25, -0.2) is 17.5 Å². The van der Waals surface area contributed by atoms with E-state index in [0.29, 0.717) is 0 Å². The van der Waals surface area contributed by atoms with Crippen LogP contribution in [0.5, 0.6) is 0 Å². The first-order valence-corrected chi connectivity index (χ1v) is 7.58. The van der Waals surface area contributed by atoms with Crippen molar-refractivity contribution < 1.29 is 12.8 Å². The van der Waals surface area contributed by atoms with Crippen LogP contribution in [0.15, 0.2) is 17.0 Å². The second kappa shape index (κ2) is 5.26. The van der Waals surface area contributed by atoms with Gasteiger partial charge in [0.05, 0.1) is 10.7 Å². The molecule has 19 heavy (non-hydrogen) atoms. The number of hydrogen-bond donors (Lipinski definition) is 2. The molecular weight excluding hydrogens is 291 g/mol. The van der Waals surface area contributed by atoms with Gasteiger partial charge in [-0.1, -0.05) is 32.4 Å². The quantitative estimate of drug-likeness (QED) is 0.843. The third kappa shape index (κ3) is 3.81. The Morgan fingerprint density at radius 3 is 2.37 bits per heavy atom. The number of nitrogen functional groups attached to an aromatic ring is 1. The second-order valence-electron chi connectivity index (χ2n) is 5.51. The molecule has 0 bridgehead atoms. The number of benzene rings is 1. The summed E-state index contributed by atoms with van der Waals surface area (Å²) in [5.74, 6) is -0.743. The number of hydrogen-bond acceptors (Lipinski definition) is 3. The van der Waals surface area contributed by atoms with Crippen molar-refractivity contribution in [1.29, 1.82) is 0 Å². The first-order chi connectivity index (χ1) is 8.45. The average Bonchev–Trinajstić information content (AvgIpc) is 2.21. The zero-order valence-corrected chi connectivity index (χ0v) is 12.9. The molecule has 4 nitrogen and oxygen atoms in total. The molecule has 1 unspecified atom stereocenters. The van der Waals surface area contributed by atoms with Gasteiger partial charge in [-0.2, -0.15) is 0 Å². The van der Waals surface area contributed by atoms with E-state index in [-0.39, 0.29) is 27.1 Å². The van der Waals surface area contributed by atoms with Crippen molar-refractivity contribution in [2.75, 3.05) is 5.73 Å². The highest BCUT2D eigenvalue weighted by Crippen LogP contribution is 2.28. The van der Waals surface area contributed by atoms with Gasteiger partial charge in [0.15, 0.2) is 0 Å². The van der Waals surface area contributed by atoms with E-state index in [1.54, 1.807) is 6.92 Å². The molecule has 1 atom stereocenters. The smallest absolute Gasteiger partial charge is 0.242 e. The maximum atomic E-state index is 13.2. The first-order valence-electron chi connectivity index (χ1n) is 5.72. The van der Waals surface area contributed by atoms with E-state index in [1.165, 1.54) is 0 Å². The number of anilines is 1. The van der Waals surface area contributed by atoms with Crippen molar-refractivity contribution in [3.8, 4) is 0 Å². The molecule has 1 rings (SSSR count). The molecule has 0 saturated heterocycles. The number of nitrogens with one attached hydrogen (secondary N) is 1. The monoisotopic (exact) mass is 308 g/mol. The Morgan fingerprint density at radius 1 is 1.37 bits per heavy atom. The highest BCUT2D eigenvalue weighted by Gasteiger charge is 2.27. The molecule has 7 heteroatoms. The Labute approximate surface area is 118 Å². The van der Waals surface area contributed by atoms with Gasteiger partial charge in [0.25, 0.3) is 0 Å². The van der Waals surface area contributed by atoms with E-state index in [0.717, 1.165) is 12.1 Å². The highest BCUT2D eigenvalue weighted by atomic mass is 35.5. The van der Waals surface area contributed by atoms with Gasteiger partial charge in [-0.3, -0.25) is 0 Å². The van der Waals surface area contributed by atoms with Crippen molar-refractivity contribution in [3.05, 3.63) is 23.0 Å². The molecule has 108 valence electrons. The third-order valence-electron chi connectivity index (χ3n) is 2.97. The molecule has 0 fully saturated rings. The van der Waals surface area contributed by atoms with Crippen LogP contribution in [0.25, 0.3) is 0 Å². The van der Waals surface area contributed by atoms with Gasteiger partial charge >= 0.3 is 0 Å². The number of rotatable bonds is 3. The van der Waals surface area contributed by atoms with E-state index < -0.39 is 15.8 Å². The van der Waals surface area contributed by atoms with Crippen LogP contribution >= 0.6 is 11.6 Å². The molecule has 0 saturated carbocycles. The molecule has 0 radical (unpaired) electrons. The van der Waals surface area contributed by atoms with Gasteiger partial charge in [0.1, 0.15) is 10.7 Å². The summed E-state index contributed by atoms with van der Waals surface area (Å²) in [6.07, 6.45) is 0. The zero-order valence-electron chi connectivity index (χ0n) is 11.3. The lowest BCUT2D eigenvalue weighted by Crippen LogP contribution is -2.41. The van der Waals surface area contributed by atoms with Crippen LogP contribution in [0.2, 0.25) is 5.02 Å². The van der Waals surface area contributed by atoms with Crippen molar-refractivity contribution in [3.63, 3.8) is 0 Å². The summed E-state index contributed by atoms with van der Waals surface area (Å²) in [5.41, 5.74) is 4.86. The molecule has 0 aliphatic rings. The van der Waals surface area contributed by atoms with Crippen molar-refractivity contribution >= 4 is 27.3 Å². The fourth-order valence-corrected chi connectivity index (χ4v) is 3.22. The summed E-state index contributed by atoms with van der Waals surface area (Å²) in [7, 11) is -3.84. The molecule has 1 aromatic rings. The maximum absolute atomic E-state index is 13.2. The SMILES string of the molecule is CC(NS(=O)(=O)c1cc(N)c(F)cc1Cl)C(C)(C)C. The van der Waals surface area contributed by atoms with Crippen LogP contribution in [0.4, 0.5) is 10.1 Å². The third-order valence-corrected chi connectivity index (χ3v) is 4.98. The Kier molecular flexibility index (Phi) is 4.49. The van der Waals surface area contributed by atoms with E-state index in [2.05, 4.69) is 4.72 Å². The Bertz CT molecular complexity index is 582. The van der Waals surface area contributed by atoms with Gasteiger partial charge in [0.2, 0.25) is 10.0 Å². The molecule has 3 N–H and O–H groups in total. The predicted molar refractivity (Wildman–Crippen MR) is 75.1 cm³/mol. The summed E-state index contributed by atoms with van der Waals surface area (Å²) in [6, 6.07) is 1.60. The Hall–Kier alpha value is -0.850. The molecular formula is C12H18ClFN2O2S. The summed E-state index contributed by atoms with van der Waals surface area (Å²) in [5, 5.41) is -0.194. The summed E-state index contributed by atoms with van der Waals surface area (Å²) < 4.78 is 40.1. The van der Waals surface area contributed by atoms with Crippen LogP contribution in [0.1, 0.15) is 27.7 Å². The summed E-state index contributed by atoms with van der Waals surface area (Å²) >= 11 is 5.77. The predicted octanol–water partition coefficient (Wildman–Crippen LogP) is 2.77. The topological polar surface area (TPSA) is 72.2 Å². The molecule has 0 aliphatic carbocycles. The Balaban J connectivity index is 3.19. The van der Waals surface area contributed by atoms with E-state index >= 15 is 0 Å². The fraction of sp³-hybridized carbons (Fsp3) is 0.500. The van der Waals surface area contributed by atoms with Crippen molar-refractivity contribution in [2.24, 2.45) is 5.41 Å². The van der Waals surface area contributed by atoms with Crippen LogP contribution in [-0.2, 0) is 10.0 Å². The number of nitrogens with two attached hydrogens (primary N) is 1. The van der Waals surface area contributed by atoms with Gasteiger partial charge in [-0.05, 0) is 24.5 Å². The molecule has 0 amide bonds. The Morgan fingerprint density at radius 2 is 1.89 bits per heavy atom. The van der Waals surface area contributed by atoms with E-state index in [1.807, 2.05) is 20.8 Å². The van der Waals surface area contributed by atoms with E-state index in [9.17, 15) is 12.8 Å². The van der Waals surface area contributed by atoms with Crippen LogP contribution in [0.3, 0.4) is 0 Å². The van der Waals surface area contributed by atoms with Crippen LogP contribution in [-0.4, -0.2) is 14.5 Å². The number of halogens is 2. The standard InChI is InChI=1S/C12H18ClFN2O2S/c1-7(12(2,3)4)16-19(17,18)11-6-10(15)9(14)5-8(11)13/h5-7,16H,15H2,1-4H3. The molecule has 0 heterocycles. The maximum Gasteiger partial charge on any atom is 0.242 e. The minimum atomic E-state index is -3.84. The lowest BCUT2D eigenvalue weighted by molar-refractivity contribution is 0.317. The van der Waals surface area contributed by atoms with Gasteiger partial charge < -0.3 is 5.73 Å². The van der Waals surface area contributed by atoms with Gasteiger partial charge in [0, 0.05) is 6.04 Å². The normalized spacial score (nSPS) is 14.4. The fourth-order valence-electron chi connectivity index (χ4n) is 1.22. The number of sulfonamides is 1. The summed E-state index contributed by atoms with van der Waals surface area (Å²) in [4.78, 5) is -0.218. The molecule has 1 aromatic carbocycles. The van der Waals surface area contributed by atoms with Crippen LogP contribution < -0.4 is 10.5 Å². The van der Waals surface area contributed by atoms with Crippen molar-refractivity contribution in [1.82, 2.24) is 4.72 Å². The molecule has 0 aliphatic heterocycles. The van der Waals surface area contributed by atoms with Crippen molar-refractivity contribution in [2.45, 2.75) is 38.6 Å². The minimum absolute atomic E-state index is 0.194. The average molecular weight is 309 g/mol. The zero-order chi connectivity index (χ0) is 15.0. The lowest BCUT2D eigenvalue weighted by Gasteiger charge is -2.28. The first kappa shape index (κ1) is 16.2. The van der Waals surface area contributed by atoms with Crippen LogP contribution in [0, 0.1) is 11.2 Å². The molecule has 0 spiro atoms. The largest absolute Gasteiger partial charge is 0.396 e. The molecule has 0 aromatic heterocycles. The second-order valence-corrected chi connectivity index (χ2v) is 7.60. The highest BCUT2D eigenvalue weighted by molar-refractivity contribution is 7.89. The minimum Gasteiger partial charge on any atom is -0.396 e.